The molecule has 0 aliphatic carbocycles. The summed E-state index contributed by atoms with van der Waals surface area (Å²) in [6, 6.07) is 4.31. The number of aromatic nitrogens is 2. The molecule has 0 atom stereocenters. The molecule has 3 N–H and O–H groups in total. The van der Waals surface area contributed by atoms with Crippen molar-refractivity contribution < 1.29 is 13.2 Å². The molecule has 0 spiro atoms. The molecular formula is C12H15ClN4O3S. The molecule has 0 unspecified atom stereocenters. The zero-order valence-corrected chi connectivity index (χ0v) is 13.1. The Kier molecular flexibility index (Phi) is 4.40. The fourth-order valence-electron chi connectivity index (χ4n) is 1.74. The van der Waals surface area contributed by atoms with Crippen LogP contribution in [0.1, 0.15) is 5.56 Å². The third-order valence-corrected chi connectivity index (χ3v) is 4.61. The molecule has 0 amide bonds. The Morgan fingerprint density at radius 3 is 2.76 bits per heavy atom. The van der Waals surface area contributed by atoms with E-state index in [2.05, 4.69) is 9.82 Å². The van der Waals surface area contributed by atoms with E-state index >= 15 is 0 Å². The number of nitrogen functional groups attached to an aromatic ring is 1. The van der Waals surface area contributed by atoms with E-state index in [1.807, 2.05) is 0 Å². The van der Waals surface area contributed by atoms with Crippen molar-refractivity contribution >= 4 is 27.4 Å². The normalized spacial score (nSPS) is 11.6. The smallest absolute Gasteiger partial charge is 0.244 e. The average molecular weight is 331 g/mol. The van der Waals surface area contributed by atoms with Crippen molar-refractivity contribution in [3.63, 3.8) is 0 Å². The number of nitrogens with two attached hydrogens (primary N) is 1. The highest BCUT2D eigenvalue weighted by molar-refractivity contribution is 7.89. The number of halogens is 1. The lowest BCUT2D eigenvalue weighted by molar-refractivity contribution is 0.402. The maximum absolute atomic E-state index is 12.3. The fraction of sp³-hybridized carbons (Fsp3) is 0.250. The van der Waals surface area contributed by atoms with Gasteiger partial charge in [-0.2, -0.15) is 5.10 Å². The number of benzene rings is 1. The molecule has 1 aromatic carbocycles. The number of nitrogens with one attached hydrogen (secondary N) is 1. The van der Waals surface area contributed by atoms with Crippen molar-refractivity contribution in [3.05, 3.63) is 35.0 Å². The lowest BCUT2D eigenvalue weighted by atomic mass is 10.3. The molecule has 0 saturated heterocycles. The third kappa shape index (κ3) is 3.29. The van der Waals surface area contributed by atoms with Crippen LogP contribution in [0.4, 0.5) is 5.82 Å². The molecular weight excluding hydrogens is 316 g/mol. The predicted molar refractivity (Wildman–Crippen MR) is 79.6 cm³/mol. The summed E-state index contributed by atoms with van der Waals surface area (Å²) in [5, 5.41) is 4.34. The minimum Gasteiger partial charge on any atom is -0.495 e. The van der Waals surface area contributed by atoms with E-state index in [-0.39, 0.29) is 17.2 Å². The maximum atomic E-state index is 12.3. The summed E-state index contributed by atoms with van der Waals surface area (Å²) in [6.07, 6.45) is 1.51. The topological polar surface area (TPSA) is 99.2 Å². The monoisotopic (exact) mass is 330 g/mol. The Bertz CT molecular complexity index is 758. The maximum Gasteiger partial charge on any atom is 0.244 e. The third-order valence-electron chi connectivity index (χ3n) is 2.93. The highest BCUT2D eigenvalue weighted by atomic mass is 35.5. The summed E-state index contributed by atoms with van der Waals surface area (Å²) in [5.74, 6) is 0.579. The molecule has 9 heteroatoms. The van der Waals surface area contributed by atoms with Crippen molar-refractivity contribution in [2.45, 2.75) is 11.4 Å². The number of sulfonamides is 1. The second kappa shape index (κ2) is 5.92. The second-order valence-electron chi connectivity index (χ2n) is 4.30. The van der Waals surface area contributed by atoms with E-state index in [0.717, 1.165) is 0 Å². The number of aryl methyl sites for hydroxylation is 1. The van der Waals surface area contributed by atoms with Gasteiger partial charge in [-0.15, -0.1) is 0 Å². The Balaban J connectivity index is 2.25. The Morgan fingerprint density at radius 2 is 2.19 bits per heavy atom. The number of ether oxygens (including phenoxy) is 1. The molecule has 0 saturated carbocycles. The molecule has 114 valence electrons. The predicted octanol–water partition coefficient (Wildman–Crippen LogP) is 1.14. The number of methoxy groups -OCH3 is 1. The fourth-order valence-corrected chi connectivity index (χ4v) is 3.06. The van der Waals surface area contributed by atoms with Crippen LogP contribution in [0.3, 0.4) is 0 Å². The zero-order chi connectivity index (χ0) is 15.6. The van der Waals surface area contributed by atoms with E-state index in [0.29, 0.717) is 16.4 Å². The van der Waals surface area contributed by atoms with Gasteiger partial charge in [0.05, 0.1) is 13.3 Å². The van der Waals surface area contributed by atoms with Crippen LogP contribution in [0.15, 0.2) is 29.3 Å². The summed E-state index contributed by atoms with van der Waals surface area (Å²) < 4.78 is 33.6. The van der Waals surface area contributed by atoms with Crippen LogP contribution in [-0.4, -0.2) is 25.3 Å². The largest absolute Gasteiger partial charge is 0.495 e. The van der Waals surface area contributed by atoms with Gasteiger partial charge in [-0.3, -0.25) is 4.68 Å². The quantitative estimate of drug-likeness (QED) is 0.856. The van der Waals surface area contributed by atoms with Crippen molar-refractivity contribution in [1.29, 1.82) is 0 Å². The molecule has 0 aliphatic rings. The van der Waals surface area contributed by atoms with Gasteiger partial charge in [-0.1, -0.05) is 11.6 Å². The van der Waals surface area contributed by atoms with Crippen molar-refractivity contribution in [3.8, 4) is 5.75 Å². The second-order valence-corrected chi connectivity index (χ2v) is 6.47. The molecule has 0 aliphatic heterocycles. The molecule has 0 bridgehead atoms. The van der Waals surface area contributed by atoms with Crippen LogP contribution in [0, 0.1) is 0 Å². The average Bonchev–Trinajstić information content (AvgIpc) is 2.76. The molecule has 7 nitrogen and oxygen atoms in total. The SMILES string of the molecule is COc1cc(Cl)ccc1S(=O)(=O)NCc1cnn(C)c1N. The van der Waals surface area contributed by atoms with Gasteiger partial charge in [0.1, 0.15) is 16.5 Å². The standard InChI is InChI=1S/C12H15ClN4O3S/c1-17-12(14)8(6-15-17)7-16-21(18,19)11-4-3-9(13)5-10(11)20-2/h3-6,16H,7,14H2,1-2H3. The molecule has 1 aromatic heterocycles. The lowest BCUT2D eigenvalue weighted by Crippen LogP contribution is -2.24. The van der Waals surface area contributed by atoms with Gasteiger partial charge in [-0.25, -0.2) is 13.1 Å². The first-order valence-corrected chi connectivity index (χ1v) is 7.81. The Hall–Kier alpha value is -1.77. The summed E-state index contributed by atoms with van der Waals surface area (Å²) >= 11 is 5.82. The van der Waals surface area contributed by atoms with Crippen LogP contribution in [0.25, 0.3) is 0 Å². The molecule has 2 aromatic rings. The first-order chi connectivity index (χ1) is 9.85. The summed E-state index contributed by atoms with van der Waals surface area (Å²) in [4.78, 5) is 0.0110. The molecule has 0 radical (unpaired) electrons. The first-order valence-electron chi connectivity index (χ1n) is 5.94. The van der Waals surface area contributed by atoms with Gasteiger partial charge >= 0.3 is 0 Å². The van der Waals surface area contributed by atoms with E-state index in [1.54, 1.807) is 7.05 Å². The van der Waals surface area contributed by atoms with Gasteiger partial charge in [0, 0.05) is 30.2 Å². The lowest BCUT2D eigenvalue weighted by Gasteiger charge is -2.10. The molecule has 1 heterocycles. The van der Waals surface area contributed by atoms with Crippen LogP contribution in [0.5, 0.6) is 5.75 Å². The van der Waals surface area contributed by atoms with Crippen molar-refractivity contribution in [2.75, 3.05) is 12.8 Å². The summed E-state index contributed by atoms with van der Waals surface area (Å²) in [5.41, 5.74) is 6.36. The molecule has 21 heavy (non-hydrogen) atoms. The van der Waals surface area contributed by atoms with Gasteiger partial charge in [0.2, 0.25) is 10.0 Å². The van der Waals surface area contributed by atoms with Crippen LogP contribution < -0.4 is 15.2 Å². The first kappa shape index (κ1) is 15.6. The Labute approximate surface area is 127 Å². The molecule has 0 fully saturated rings. The zero-order valence-electron chi connectivity index (χ0n) is 11.5. The van der Waals surface area contributed by atoms with E-state index in [9.17, 15) is 8.42 Å². The van der Waals surface area contributed by atoms with Crippen molar-refractivity contribution in [2.24, 2.45) is 7.05 Å². The van der Waals surface area contributed by atoms with Gasteiger partial charge in [0.15, 0.2) is 0 Å². The highest BCUT2D eigenvalue weighted by Gasteiger charge is 2.20. The number of rotatable bonds is 5. The van der Waals surface area contributed by atoms with Crippen LogP contribution in [-0.2, 0) is 23.6 Å². The van der Waals surface area contributed by atoms with Gasteiger partial charge < -0.3 is 10.5 Å². The summed E-state index contributed by atoms with van der Waals surface area (Å²) in [6.45, 7) is 0.0355. The summed E-state index contributed by atoms with van der Waals surface area (Å²) in [7, 11) is -0.697. The van der Waals surface area contributed by atoms with Crippen LogP contribution >= 0.6 is 11.6 Å². The minimum absolute atomic E-state index is 0.0110. The van der Waals surface area contributed by atoms with E-state index in [4.69, 9.17) is 22.1 Å². The molecule has 2 rings (SSSR count). The Morgan fingerprint density at radius 1 is 1.48 bits per heavy atom. The van der Waals surface area contributed by atoms with Crippen molar-refractivity contribution in [1.82, 2.24) is 14.5 Å². The number of hydrogen-bond acceptors (Lipinski definition) is 5. The number of anilines is 1. The van der Waals surface area contributed by atoms with Gasteiger partial charge in [0.25, 0.3) is 0 Å². The van der Waals surface area contributed by atoms with E-state index in [1.165, 1.54) is 36.2 Å². The van der Waals surface area contributed by atoms with Crippen LogP contribution in [0.2, 0.25) is 5.02 Å². The van der Waals surface area contributed by atoms with E-state index < -0.39 is 10.0 Å². The number of nitrogens with zero attached hydrogens (tertiary/aromatic N) is 2. The highest BCUT2D eigenvalue weighted by Crippen LogP contribution is 2.27. The minimum atomic E-state index is -3.75. The number of hydrogen-bond donors (Lipinski definition) is 2. The van der Waals surface area contributed by atoms with Gasteiger partial charge in [-0.05, 0) is 12.1 Å².